The van der Waals surface area contributed by atoms with Crippen molar-refractivity contribution in [1.29, 1.82) is 0 Å². The van der Waals surface area contributed by atoms with Gasteiger partial charge >= 0.3 is 0 Å². The molecular weight excluding hydrogens is 214 g/mol. The van der Waals surface area contributed by atoms with Gasteiger partial charge in [0.25, 0.3) is 0 Å². The first-order valence-electron chi connectivity index (χ1n) is 6.15. The van der Waals surface area contributed by atoms with E-state index in [1.54, 1.807) is 7.11 Å². The molecule has 0 radical (unpaired) electrons. The molecule has 0 saturated heterocycles. The summed E-state index contributed by atoms with van der Waals surface area (Å²) in [5.41, 5.74) is 1.25. The van der Waals surface area contributed by atoms with Gasteiger partial charge in [0, 0.05) is 25.7 Å². The van der Waals surface area contributed by atoms with Crippen LogP contribution < -0.4 is 4.74 Å². The fraction of sp³-hybridized carbons (Fsp3) is 0.571. The van der Waals surface area contributed by atoms with Crippen LogP contribution in [0.5, 0.6) is 5.75 Å². The van der Waals surface area contributed by atoms with Crippen LogP contribution in [0.3, 0.4) is 0 Å². The number of methoxy groups -OCH3 is 1. The maximum atomic E-state index is 8.90. The summed E-state index contributed by atoms with van der Waals surface area (Å²) in [6.45, 7) is 6.43. The first kappa shape index (κ1) is 14.0. The van der Waals surface area contributed by atoms with Gasteiger partial charge in [-0.1, -0.05) is 12.1 Å². The molecule has 0 unspecified atom stereocenters. The molecule has 17 heavy (non-hydrogen) atoms. The lowest BCUT2D eigenvalue weighted by Crippen LogP contribution is -2.31. The van der Waals surface area contributed by atoms with Crippen LogP contribution in [0.1, 0.15) is 25.8 Å². The Hall–Kier alpha value is -1.06. The maximum absolute atomic E-state index is 8.90. The number of aliphatic hydroxyl groups excluding tert-OH is 1. The van der Waals surface area contributed by atoms with Gasteiger partial charge in [-0.3, -0.25) is 4.90 Å². The van der Waals surface area contributed by atoms with E-state index in [1.807, 2.05) is 12.1 Å². The fourth-order valence-electron chi connectivity index (χ4n) is 1.80. The Balaban J connectivity index is 2.64. The van der Waals surface area contributed by atoms with Crippen LogP contribution >= 0.6 is 0 Å². The first-order valence-corrected chi connectivity index (χ1v) is 6.15. The van der Waals surface area contributed by atoms with E-state index >= 15 is 0 Å². The van der Waals surface area contributed by atoms with E-state index < -0.39 is 0 Å². The molecule has 0 amide bonds. The molecule has 0 atom stereocenters. The van der Waals surface area contributed by atoms with Crippen molar-refractivity contribution < 1.29 is 9.84 Å². The summed E-state index contributed by atoms with van der Waals surface area (Å²) in [7, 11) is 1.69. The van der Waals surface area contributed by atoms with E-state index in [0.29, 0.717) is 6.04 Å². The molecule has 0 bridgehead atoms. The molecule has 96 valence electrons. The van der Waals surface area contributed by atoms with E-state index in [1.165, 1.54) is 5.56 Å². The summed E-state index contributed by atoms with van der Waals surface area (Å²) in [5.74, 6) is 0.897. The lowest BCUT2D eigenvalue weighted by molar-refractivity contribution is 0.184. The van der Waals surface area contributed by atoms with Crippen molar-refractivity contribution in [3.05, 3.63) is 29.8 Å². The van der Waals surface area contributed by atoms with Gasteiger partial charge in [0.1, 0.15) is 5.75 Å². The molecule has 1 aromatic rings. The van der Waals surface area contributed by atoms with Crippen molar-refractivity contribution in [2.24, 2.45) is 0 Å². The molecule has 1 N–H and O–H groups in total. The number of hydrogen-bond acceptors (Lipinski definition) is 3. The zero-order valence-corrected chi connectivity index (χ0v) is 11.0. The molecule has 0 spiro atoms. The van der Waals surface area contributed by atoms with Gasteiger partial charge in [-0.2, -0.15) is 0 Å². The van der Waals surface area contributed by atoms with Crippen molar-refractivity contribution >= 4 is 0 Å². The first-order chi connectivity index (χ1) is 8.17. The van der Waals surface area contributed by atoms with Crippen molar-refractivity contribution in [3.8, 4) is 5.75 Å². The molecule has 0 saturated carbocycles. The van der Waals surface area contributed by atoms with Crippen LogP contribution in [0.15, 0.2) is 24.3 Å². The summed E-state index contributed by atoms with van der Waals surface area (Å²) >= 11 is 0. The highest BCUT2D eigenvalue weighted by molar-refractivity contribution is 5.28. The number of benzene rings is 1. The third kappa shape index (κ3) is 4.75. The average molecular weight is 237 g/mol. The second-order valence-corrected chi connectivity index (χ2v) is 4.49. The summed E-state index contributed by atoms with van der Waals surface area (Å²) in [4.78, 5) is 2.35. The molecule has 0 fully saturated rings. The Bertz CT molecular complexity index is 326. The smallest absolute Gasteiger partial charge is 0.119 e. The monoisotopic (exact) mass is 237 g/mol. The predicted octanol–water partition coefficient (Wildman–Crippen LogP) is 2.29. The van der Waals surface area contributed by atoms with Crippen LogP contribution in [-0.2, 0) is 6.54 Å². The van der Waals surface area contributed by atoms with Crippen LogP contribution in [-0.4, -0.2) is 36.3 Å². The van der Waals surface area contributed by atoms with E-state index in [2.05, 4.69) is 30.9 Å². The molecule has 3 nitrogen and oxygen atoms in total. The summed E-state index contributed by atoms with van der Waals surface area (Å²) in [6, 6.07) is 8.62. The van der Waals surface area contributed by atoms with Crippen molar-refractivity contribution in [2.45, 2.75) is 32.9 Å². The van der Waals surface area contributed by atoms with Crippen LogP contribution in [0, 0.1) is 0 Å². The van der Waals surface area contributed by atoms with Gasteiger partial charge in [0.2, 0.25) is 0 Å². The molecule has 1 aromatic carbocycles. The van der Waals surface area contributed by atoms with Crippen molar-refractivity contribution in [1.82, 2.24) is 4.90 Å². The zero-order valence-electron chi connectivity index (χ0n) is 11.0. The van der Waals surface area contributed by atoms with E-state index in [4.69, 9.17) is 9.84 Å². The summed E-state index contributed by atoms with van der Waals surface area (Å²) in [5, 5.41) is 8.90. The fourth-order valence-corrected chi connectivity index (χ4v) is 1.80. The van der Waals surface area contributed by atoms with Crippen LogP contribution in [0.25, 0.3) is 0 Å². The lowest BCUT2D eigenvalue weighted by Gasteiger charge is -2.26. The minimum absolute atomic E-state index is 0.251. The quantitative estimate of drug-likeness (QED) is 0.789. The molecule has 1 rings (SSSR count). The summed E-state index contributed by atoms with van der Waals surface area (Å²) < 4.78 is 5.22. The second-order valence-electron chi connectivity index (χ2n) is 4.49. The zero-order chi connectivity index (χ0) is 12.7. The van der Waals surface area contributed by atoms with Crippen molar-refractivity contribution in [2.75, 3.05) is 20.3 Å². The number of nitrogens with zero attached hydrogens (tertiary/aromatic N) is 1. The lowest BCUT2D eigenvalue weighted by atomic mass is 10.1. The average Bonchev–Trinajstić information content (AvgIpc) is 2.34. The standard InChI is InChI=1S/C14H23NO2/c1-12(2)15(8-5-9-16)11-13-6-4-7-14(10-13)17-3/h4,6-7,10,12,16H,5,8-9,11H2,1-3H3. The van der Waals surface area contributed by atoms with E-state index in [0.717, 1.165) is 25.3 Å². The third-order valence-electron chi connectivity index (χ3n) is 2.85. The highest BCUT2D eigenvalue weighted by Gasteiger charge is 2.09. The van der Waals surface area contributed by atoms with Crippen molar-refractivity contribution in [3.63, 3.8) is 0 Å². The Labute approximate surface area is 104 Å². The van der Waals surface area contributed by atoms with Crippen LogP contribution in [0.4, 0.5) is 0 Å². The molecular formula is C14H23NO2. The Morgan fingerprint density at radius 3 is 2.71 bits per heavy atom. The highest BCUT2D eigenvalue weighted by Crippen LogP contribution is 2.15. The molecule has 3 heteroatoms. The topological polar surface area (TPSA) is 32.7 Å². The van der Waals surface area contributed by atoms with Gasteiger partial charge in [-0.05, 0) is 38.0 Å². The predicted molar refractivity (Wildman–Crippen MR) is 70.2 cm³/mol. The number of aliphatic hydroxyl groups is 1. The van der Waals surface area contributed by atoms with Gasteiger partial charge in [0.05, 0.1) is 7.11 Å². The number of ether oxygens (including phenoxy) is 1. The van der Waals surface area contributed by atoms with Gasteiger partial charge in [-0.25, -0.2) is 0 Å². The van der Waals surface area contributed by atoms with Crippen LogP contribution in [0.2, 0.25) is 0 Å². The third-order valence-corrected chi connectivity index (χ3v) is 2.85. The normalized spacial score (nSPS) is 11.2. The Morgan fingerprint density at radius 1 is 1.35 bits per heavy atom. The maximum Gasteiger partial charge on any atom is 0.119 e. The highest BCUT2D eigenvalue weighted by atomic mass is 16.5. The molecule has 0 aromatic heterocycles. The van der Waals surface area contributed by atoms with Gasteiger partial charge < -0.3 is 9.84 Å². The molecule has 0 aliphatic carbocycles. The van der Waals surface area contributed by atoms with Gasteiger partial charge in [0.15, 0.2) is 0 Å². The largest absolute Gasteiger partial charge is 0.497 e. The minimum atomic E-state index is 0.251. The minimum Gasteiger partial charge on any atom is -0.497 e. The molecule has 0 aliphatic rings. The molecule has 0 heterocycles. The van der Waals surface area contributed by atoms with E-state index in [-0.39, 0.29) is 6.61 Å². The second kappa shape index (κ2) is 7.30. The molecule has 0 aliphatic heterocycles. The summed E-state index contributed by atoms with van der Waals surface area (Å²) in [6.07, 6.45) is 0.822. The Kier molecular flexibility index (Phi) is 6.01. The number of hydrogen-bond donors (Lipinski definition) is 1. The van der Waals surface area contributed by atoms with E-state index in [9.17, 15) is 0 Å². The number of rotatable bonds is 7. The Morgan fingerprint density at radius 2 is 2.12 bits per heavy atom. The van der Waals surface area contributed by atoms with Gasteiger partial charge in [-0.15, -0.1) is 0 Å². The SMILES string of the molecule is COc1cccc(CN(CCCO)C(C)C)c1.